The van der Waals surface area contributed by atoms with Crippen molar-refractivity contribution in [2.75, 3.05) is 13.7 Å². The quantitative estimate of drug-likeness (QED) is 0.482. The molecule has 7 heteroatoms. The molecule has 0 fully saturated rings. The maximum absolute atomic E-state index is 11.8. The molecule has 4 N–H and O–H groups in total. The molecular weight excluding hydrogens is 276 g/mol. The Morgan fingerprint density at radius 1 is 1.19 bits per heavy atom. The van der Waals surface area contributed by atoms with E-state index in [1.165, 1.54) is 7.11 Å². The molecule has 1 amide bonds. The van der Waals surface area contributed by atoms with Gasteiger partial charge in [-0.15, -0.1) is 0 Å². The second kappa shape index (κ2) is 11.1. The molecule has 0 saturated carbocycles. The van der Waals surface area contributed by atoms with E-state index in [1.807, 2.05) is 6.92 Å². The van der Waals surface area contributed by atoms with Crippen molar-refractivity contribution in [3.05, 3.63) is 0 Å². The van der Waals surface area contributed by atoms with Gasteiger partial charge in [-0.1, -0.05) is 13.3 Å². The molecular formula is C14H26N2O5. The number of esters is 1. The molecule has 2 atom stereocenters. The first-order chi connectivity index (χ1) is 9.94. The standard InChI is InChI=1S/C14H26N2O5/c1-3-10(8-9-15)4-6-12(17)16-11(14(19)20)5-7-13(18)21-2/h10-11H,3-9,15H2,1-2H3,(H,16,17)(H,19,20). The number of hydrogen-bond acceptors (Lipinski definition) is 5. The maximum Gasteiger partial charge on any atom is 0.326 e. The van der Waals surface area contributed by atoms with E-state index in [4.69, 9.17) is 10.8 Å². The lowest BCUT2D eigenvalue weighted by Gasteiger charge is -2.16. The number of ether oxygens (including phenoxy) is 1. The minimum Gasteiger partial charge on any atom is -0.480 e. The number of carbonyl (C=O) groups excluding carboxylic acids is 2. The van der Waals surface area contributed by atoms with Gasteiger partial charge in [0.2, 0.25) is 5.91 Å². The van der Waals surface area contributed by atoms with Gasteiger partial charge in [0.1, 0.15) is 6.04 Å². The van der Waals surface area contributed by atoms with Crippen LogP contribution in [0.4, 0.5) is 0 Å². The topological polar surface area (TPSA) is 119 Å². The molecule has 21 heavy (non-hydrogen) atoms. The molecule has 0 rings (SSSR count). The van der Waals surface area contributed by atoms with Gasteiger partial charge in [-0.25, -0.2) is 4.79 Å². The van der Waals surface area contributed by atoms with E-state index in [2.05, 4.69) is 10.1 Å². The number of aliphatic carboxylic acids is 1. The summed E-state index contributed by atoms with van der Waals surface area (Å²) >= 11 is 0. The average Bonchev–Trinajstić information content (AvgIpc) is 2.46. The third-order valence-electron chi connectivity index (χ3n) is 3.43. The van der Waals surface area contributed by atoms with Crippen LogP contribution in [0.3, 0.4) is 0 Å². The number of hydrogen-bond donors (Lipinski definition) is 3. The number of carboxylic acid groups (broad SMARTS) is 1. The number of nitrogens with one attached hydrogen (secondary N) is 1. The Labute approximate surface area is 125 Å². The Hall–Kier alpha value is -1.63. The summed E-state index contributed by atoms with van der Waals surface area (Å²) in [6.45, 7) is 2.62. The minimum atomic E-state index is -1.15. The number of amides is 1. The summed E-state index contributed by atoms with van der Waals surface area (Å²) in [7, 11) is 1.24. The van der Waals surface area contributed by atoms with E-state index in [-0.39, 0.29) is 25.2 Å². The molecule has 122 valence electrons. The van der Waals surface area contributed by atoms with E-state index in [0.717, 1.165) is 12.8 Å². The van der Waals surface area contributed by atoms with Crippen LogP contribution in [0.1, 0.15) is 45.4 Å². The predicted molar refractivity (Wildman–Crippen MR) is 77.5 cm³/mol. The number of nitrogens with two attached hydrogens (primary N) is 1. The molecule has 0 aromatic heterocycles. The largest absolute Gasteiger partial charge is 0.480 e. The summed E-state index contributed by atoms with van der Waals surface area (Å²) < 4.78 is 4.45. The fraction of sp³-hybridized carbons (Fsp3) is 0.786. The van der Waals surface area contributed by atoms with Gasteiger partial charge >= 0.3 is 11.9 Å². The van der Waals surface area contributed by atoms with Gasteiger partial charge < -0.3 is 20.9 Å². The van der Waals surface area contributed by atoms with Gasteiger partial charge in [0.25, 0.3) is 0 Å². The minimum absolute atomic E-state index is 0.0216. The fourth-order valence-corrected chi connectivity index (χ4v) is 2.01. The first kappa shape index (κ1) is 19.4. The zero-order valence-corrected chi connectivity index (χ0v) is 12.8. The first-order valence-corrected chi connectivity index (χ1v) is 7.23. The van der Waals surface area contributed by atoms with Crippen LogP contribution >= 0.6 is 0 Å². The van der Waals surface area contributed by atoms with E-state index in [0.29, 0.717) is 18.9 Å². The van der Waals surface area contributed by atoms with Crippen molar-refractivity contribution in [2.24, 2.45) is 11.7 Å². The molecule has 7 nitrogen and oxygen atoms in total. The number of rotatable bonds is 11. The smallest absolute Gasteiger partial charge is 0.326 e. The van der Waals surface area contributed by atoms with Crippen LogP contribution in [0, 0.1) is 5.92 Å². The van der Waals surface area contributed by atoms with Crippen molar-refractivity contribution in [1.82, 2.24) is 5.32 Å². The maximum atomic E-state index is 11.8. The van der Waals surface area contributed by atoms with Crippen molar-refractivity contribution >= 4 is 17.8 Å². The summed E-state index contributed by atoms with van der Waals surface area (Å²) in [4.78, 5) is 33.8. The average molecular weight is 302 g/mol. The van der Waals surface area contributed by atoms with Gasteiger partial charge in [0.15, 0.2) is 0 Å². The van der Waals surface area contributed by atoms with Crippen LogP contribution in [-0.2, 0) is 19.1 Å². The molecule has 0 heterocycles. The van der Waals surface area contributed by atoms with Crippen LogP contribution in [0.25, 0.3) is 0 Å². The molecule has 0 bridgehead atoms. The number of methoxy groups -OCH3 is 1. The van der Waals surface area contributed by atoms with Gasteiger partial charge in [-0.05, 0) is 31.7 Å². The van der Waals surface area contributed by atoms with Crippen molar-refractivity contribution in [3.63, 3.8) is 0 Å². The number of carbonyl (C=O) groups is 3. The van der Waals surface area contributed by atoms with Crippen molar-refractivity contribution in [3.8, 4) is 0 Å². The predicted octanol–water partition coefficient (Wildman–Crippen LogP) is 0.664. The highest BCUT2D eigenvalue weighted by Gasteiger charge is 2.21. The van der Waals surface area contributed by atoms with Crippen LogP contribution in [0.2, 0.25) is 0 Å². The Bertz CT molecular complexity index is 346. The monoisotopic (exact) mass is 302 g/mol. The van der Waals surface area contributed by atoms with Crippen LogP contribution in [0.5, 0.6) is 0 Å². The molecule has 0 aromatic carbocycles. The van der Waals surface area contributed by atoms with Crippen LogP contribution < -0.4 is 11.1 Å². The third kappa shape index (κ3) is 9.01. The second-order valence-corrected chi connectivity index (χ2v) is 4.96. The highest BCUT2D eigenvalue weighted by Crippen LogP contribution is 2.14. The summed E-state index contributed by atoms with van der Waals surface area (Å²) in [6.07, 6.45) is 2.72. The summed E-state index contributed by atoms with van der Waals surface area (Å²) in [5, 5.41) is 11.5. The summed E-state index contributed by atoms with van der Waals surface area (Å²) in [6, 6.07) is -1.06. The summed E-state index contributed by atoms with van der Waals surface area (Å²) in [5.74, 6) is -1.59. The first-order valence-electron chi connectivity index (χ1n) is 7.23. The van der Waals surface area contributed by atoms with E-state index >= 15 is 0 Å². The Kier molecular flexibility index (Phi) is 10.2. The zero-order chi connectivity index (χ0) is 16.3. The molecule has 0 aliphatic carbocycles. The zero-order valence-electron chi connectivity index (χ0n) is 12.8. The van der Waals surface area contributed by atoms with E-state index < -0.39 is 18.0 Å². The van der Waals surface area contributed by atoms with Gasteiger partial charge in [0, 0.05) is 12.8 Å². The van der Waals surface area contributed by atoms with E-state index in [1.54, 1.807) is 0 Å². The van der Waals surface area contributed by atoms with Gasteiger partial charge in [-0.3, -0.25) is 9.59 Å². The Morgan fingerprint density at radius 3 is 2.33 bits per heavy atom. The Balaban J connectivity index is 4.22. The van der Waals surface area contributed by atoms with Crippen LogP contribution in [-0.4, -0.2) is 42.6 Å². The molecule has 0 aromatic rings. The highest BCUT2D eigenvalue weighted by atomic mass is 16.5. The van der Waals surface area contributed by atoms with E-state index in [9.17, 15) is 14.4 Å². The fourth-order valence-electron chi connectivity index (χ4n) is 2.01. The molecule has 0 aliphatic heterocycles. The normalized spacial score (nSPS) is 13.3. The highest BCUT2D eigenvalue weighted by molar-refractivity contribution is 5.84. The molecule has 0 spiro atoms. The molecule has 0 aliphatic rings. The molecule has 2 unspecified atom stereocenters. The van der Waals surface area contributed by atoms with Gasteiger partial charge in [-0.2, -0.15) is 0 Å². The van der Waals surface area contributed by atoms with Gasteiger partial charge in [0.05, 0.1) is 7.11 Å². The SMILES string of the molecule is CCC(CCN)CCC(=O)NC(CCC(=O)OC)C(=O)O. The second-order valence-electron chi connectivity index (χ2n) is 4.96. The lowest BCUT2D eigenvalue weighted by atomic mass is 9.96. The molecule has 0 radical (unpaired) electrons. The molecule has 0 saturated heterocycles. The lowest BCUT2D eigenvalue weighted by Crippen LogP contribution is -2.41. The number of carboxylic acids is 1. The Morgan fingerprint density at radius 2 is 1.86 bits per heavy atom. The summed E-state index contributed by atoms with van der Waals surface area (Å²) in [5.41, 5.74) is 5.49. The third-order valence-corrected chi connectivity index (χ3v) is 3.43. The van der Waals surface area contributed by atoms with Crippen molar-refractivity contribution < 1.29 is 24.2 Å². The van der Waals surface area contributed by atoms with Crippen molar-refractivity contribution in [2.45, 2.75) is 51.5 Å². The van der Waals surface area contributed by atoms with Crippen LogP contribution in [0.15, 0.2) is 0 Å². The lowest BCUT2D eigenvalue weighted by molar-refractivity contribution is -0.144. The van der Waals surface area contributed by atoms with Crippen molar-refractivity contribution in [1.29, 1.82) is 0 Å².